The highest BCUT2D eigenvalue weighted by Gasteiger charge is 2.18. The largest absolute Gasteiger partial charge is 0.0622 e. The third-order valence-corrected chi connectivity index (χ3v) is 9.44. The molecule has 0 aliphatic carbocycles. The topological polar surface area (TPSA) is 0 Å². The summed E-state index contributed by atoms with van der Waals surface area (Å²) in [4.78, 5) is 0. The lowest BCUT2D eigenvalue weighted by atomic mass is 9.84. The highest BCUT2D eigenvalue weighted by molar-refractivity contribution is 6.23. The minimum atomic E-state index is 1.23. The van der Waals surface area contributed by atoms with Crippen LogP contribution in [0.25, 0.3) is 87.6 Å². The van der Waals surface area contributed by atoms with E-state index in [2.05, 4.69) is 182 Å². The Kier molecular flexibility index (Phi) is 6.25. The van der Waals surface area contributed by atoms with Gasteiger partial charge in [0.1, 0.15) is 0 Å². The van der Waals surface area contributed by atoms with Gasteiger partial charge in [-0.25, -0.2) is 0 Å². The summed E-state index contributed by atoms with van der Waals surface area (Å²) in [5.74, 6) is 0. The van der Waals surface area contributed by atoms with Crippen molar-refractivity contribution in [1.29, 1.82) is 0 Å². The maximum Gasteiger partial charge on any atom is -0.00201 e. The Labute approximate surface area is 268 Å². The number of benzene rings is 9. The van der Waals surface area contributed by atoms with Gasteiger partial charge in [-0.2, -0.15) is 0 Å². The lowest BCUT2D eigenvalue weighted by Gasteiger charge is -2.19. The second-order valence-electron chi connectivity index (χ2n) is 12.1. The SMILES string of the molecule is c1ccc(-c2ccc3cccc(-c4c5ccccc5c(-c5cccc(-c6cccc7ccccc67)c5)c5ccccc45)c3c2)cc1. The van der Waals surface area contributed by atoms with Crippen molar-refractivity contribution < 1.29 is 0 Å². The van der Waals surface area contributed by atoms with E-state index in [1.807, 2.05) is 0 Å². The zero-order valence-electron chi connectivity index (χ0n) is 25.3. The van der Waals surface area contributed by atoms with Gasteiger partial charge in [0.2, 0.25) is 0 Å². The van der Waals surface area contributed by atoms with Crippen molar-refractivity contribution in [1.82, 2.24) is 0 Å². The first-order chi connectivity index (χ1) is 22.8. The molecule has 0 nitrogen and oxygen atoms in total. The highest BCUT2D eigenvalue weighted by atomic mass is 14.2. The van der Waals surface area contributed by atoms with Gasteiger partial charge in [-0.3, -0.25) is 0 Å². The predicted molar refractivity (Wildman–Crippen MR) is 198 cm³/mol. The fourth-order valence-electron chi connectivity index (χ4n) is 7.35. The first kappa shape index (κ1) is 26.4. The van der Waals surface area contributed by atoms with Gasteiger partial charge in [-0.15, -0.1) is 0 Å². The second-order valence-corrected chi connectivity index (χ2v) is 12.1. The van der Waals surface area contributed by atoms with Crippen molar-refractivity contribution in [3.05, 3.63) is 182 Å². The number of fused-ring (bicyclic) bond motifs is 4. The zero-order valence-corrected chi connectivity index (χ0v) is 25.3. The highest BCUT2D eigenvalue weighted by Crippen LogP contribution is 2.46. The molecule has 0 saturated carbocycles. The Morgan fingerprint density at radius 2 is 0.717 bits per heavy atom. The third kappa shape index (κ3) is 4.30. The van der Waals surface area contributed by atoms with Gasteiger partial charge in [0.15, 0.2) is 0 Å². The van der Waals surface area contributed by atoms with E-state index in [-0.39, 0.29) is 0 Å². The molecule has 9 aromatic rings. The normalized spacial score (nSPS) is 11.5. The van der Waals surface area contributed by atoms with Crippen LogP contribution < -0.4 is 0 Å². The predicted octanol–water partition coefficient (Wildman–Crippen LogP) is 13.0. The Balaban J connectivity index is 1.32. The molecule has 0 aromatic heterocycles. The van der Waals surface area contributed by atoms with Crippen LogP contribution in [-0.4, -0.2) is 0 Å². The molecule has 0 aliphatic heterocycles. The second kappa shape index (κ2) is 10.9. The minimum absolute atomic E-state index is 1.23. The molecule has 0 radical (unpaired) electrons. The summed E-state index contributed by atoms with van der Waals surface area (Å²) in [7, 11) is 0. The van der Waals surface area contributed by atoms with E-state index in [0.29, 0.717) is 0 Å². The van der Waals surface area contributed by atoms with Gasteiger partial charge in [0.05, 0.1) is 0 Å². The maximum absolute atomic E-state index is 2.37. The lowest BCUT2D eigenvalue weighted by molar-refractivity contribution is 1.63. The standard InChI is InChI=1S/C46H30/c1-2-13-31(14-3-1)34-28-27-33-17-12-26-43(44(33)30-34)46-41-23-8-6-21-39(41)45(40-22-7-9-24-42(40)46)36-19-10-18-35(29-36)38-25-11-16-32-15-4-5-20-37(32)38/h1-30H. The summed E-state index contributed by atoms with van der Waals surface area (Å²) in [6, 6.07) is 66.5. The summed E-state index contributed by atoms with van der Waals surface area (Å²) in [5, 5.41) is 10.1. The van der Waals surface area contributed by atoms with Crippen molar-refractivity contribution in [2.75, 3.05) is 0 Å². The molecule has 0 aliphatic rings. The molecule has 46 heavy (non-hydrogen) atoms. The average Bonchev–Trinajstić information content (AvgIpc) is 3.13. The Bertz CT molecular complexity index is 2510. The summed E-state index contributed by atoms with van der Waals surface area (Å²) in [6.45, 7) is 0. The van der Waals surface area contributed by atoms with E-state index in [4.69, 9.17) is 0 Å². The first-order valence-electron chi connectivity index (χ1n) is 15.9. The van der Waals surface area contributed by atoms with E-state index in [1.165, 1.54) is 87.6 Å². The van der Waals surface area contributed by atoms with Crippen molar-refractivity contribution >= 4 is 43.1 Å². The number of hydrogen-bond donors (Lipinski definition) is 0. The van der Waals surface area contributed by atoms with Crippen LogP contribution in [0.4, 0.5) is 0 Å². The van der Waals surface area contributed by atoms with Crippen LogP contribution in [0.3, 0.4) is 0 Å². The first-order valence-corrected chi connectivity index (χ1v) is 15.9. The van der Waals surface area contributed by atoms with Crippen molar-refractivity contribution in [3.8, 4) is 44.5 Å². The van der Waals surface area contributed by atoms with Crippen LogP contribution in [0.1, 0.15) is 0 Å². The molecule has 214 valence electrons. The quantitative estimate of drug-likeness (QED) is 0.181. The summed E-state index contributed by atoms with van der Waals surface area (Å²) >= 11 is 0. The van der Waals surface area contributed by atoms with Gasteiger partial charge in [0, 0.05) is 0 Å². The molecule has 0 amide bonds. The molecule has 0 heteroatoms. The van der Waals surface area contributed by atoms with Crippen LogP contribution in [-0.2, 0) is 0 Å². The van der Waals surface area contributed by atoms with Crippen LogP contribution in [0.5, 0.6) is 0 Å². The van der Waals surface area contributed by atoms with E-state index in [1.54, 1.807) is 0 Å². The van der Waals surface area contributed by atoms with Gasteiger partial charge in [0.25, 0.3) is 0 Å². The maximum atomic E-state index is 2.37. The van der Waals surface area contributed by atoms with Crippen molar-refractivity contribution in [2.24, 2.45) is 0 Å². The molecule has 9 aromatic carbocycles. The molecule has 0 bridgehead atoms. The lowest BCUT2D eigenvalue weighted by Crippen LogP contribution is -1.92. The van der Waals surface area contributed by atoms with Gasteiger partial charge < -0.3 is 0 Å². The molecular weight excluding hydrogens is 553 g/mol. The minimum Gasteiger partial charge on any atom is -0.0622 e. The van der Waals surface area contributed by atoms with E-state index >= 15 is 0 Å². The molecule has 0 atom stereocenters. The molecule has 0 saturated heterocycles. The molecule has 0 spiro atoms. The Hall–Kier alpha value is -5.98. The summed E-state index contributed by atoms with van der Waals surface area (Å²) in [6.07, 6.45) is 0. The Morgan fingerprint density at radius 3 is 1.43 bits per heavy atom. The fourth-order valence-corrected chi connectivity index (χ4v) is 7.35. The van der Waals surface area contributed by atoms with Gasteiger partial charge in [-0.05, 0) is 99.7 Å². The zero-order chi connectivity index (χ0) is 30.5. The van der Waals surface area contributed by atoms with E-state index < -0.39 is 0 Å². The molecule has 0 N–H and O–H groups in total. The van der Waals surface area contributed by atoms with E-state index in [0.717, 1.165) is 0 Å². The van der Waals surface area contributed by atoms with Crippen LogP contribution in [0, 0.1) is 0 Å². The number of rotatable bonds is 4. The van der Waals surface area contributed by atoms with Gasteiger partial charge in [-0.1, -0.05) is 170 Å². The van der Waals surface area contributed by atoms with Crippen molar-refractivity contribution in [3.63, 3.8) is 0 Å². The monoisotopic (exact) mass is 582 g/mol. The van der Waals surface area contributed by atoms with Gasteiger partial charge >= 0.3 is 0 Å². The summed E-state index contributed by atoms with van der Waals surface area (Å²) in [5.41, 5.74) is 10.0. The molecule has 0 heterocycles. The van der Waals surface area contributed by atoms with Crippen LogP contribution >= 0.6 is 0 Å². The smallest absolute Gasteiger partial charge is 0.00201 e. The third-order valence-electron chi connectivity index (χ3n) is 9.44. The molecule has 0 fully saturated rings. The Morgan fingerprint density at radius 1 is 0.217 bits per heavy atom. The average molecular weight is 583 g/mol. The molecule has 9 rings (SSSR count). The van der Waals surface area contributed by atoms with Crippen LogP contribution in [0.2, 0.25) is 0 Å². The van der Waals surface area contributed by atoms with E-state index in [9.17, 15) is 0 Å². The van der Waals surface area contributed by atoms with Crippen LogP contribution in [0.15, 0.2) is 182 Å². The van der Waals surface area contributed by atoms with Crippen molar-refractivity contribution in [2.45, 2.75) is 0 Å². The summed E-state index contributed by atoms with van der Waals surface area (Å²) < 4.78 is 0. The molecule has 0 unspecified atom stereocenters. The fraction of sp³-hybridized carbons (Fsp3) is 0. The number of hydrogen-bond acceptors (Lipinski definition) is 0. The molecular formula is C46H30.